The Labute approximate surface area is 178 Å². The molecule has 1 heterocycles. The molecule has 0 saturated carbocycles. The number of amides is 2. The molecule has 0 radical (unpaired) electrons. The molecule has 1 aliphatic rings. The summed E-state index contributed by atoms with van der Waals surface area (Å²) in [4.78, 5) is 19.3. The normalized spacial score (nSPS) is 16.3. The van der Waals surface area contributed by atoms with Gasteiger partial charge in [0, 0.05) is 63.2 Å². The van der Waals surface area contributed by atoms with Crippen LogP contribution in [0.4, 0.5) is 16.2 Å². The van der Waals surface area contributed by atoms with Gasteiger partial charge in [-0.3, -0.25) is 4.90 Å². The molecule has 0 bridgehead atoms. The fraction of sp³-hybridized carbons (Fsp3) is 0.409. The first-order valence-corrected chi connectivity index (χ1v) is 10.3. The maximum atomic E-state index is 12.4. The van der Waals surface area contributed by atoms with Crippen molar-refractivity contribution in [2.75, 3.05) is 64.1 Å². The SMILES string of the molecule is CN1CCN(C(CNC(=O)Nc2cccc(Cl)c2)c2ccc(N(C)C)cc2)CC1. The largest absolute Gasteiger partial charge is 0.378 e. The molecule has 2 N–H and O–H groups in total. The second kappa shape index (κ2) is 9.96. The third-order valence-corrected chi connectivity index (χ3v) is 5.55. The molecule has 7 heteroatoms. The van der Waals surface area contributed by atoms with Crippen molar-refractivity contribution in [3.63, 3.8) is 0 Å². The fourth-order valence-electron chi connectivity index (χ4n) is 3.52. The van der Waals surface area contributed by atoms with Gasteiger partial charge in [-0.15, -0.1) is 0 Å². The molecule has 2 aromatic rings. The van der Waals surface area contributed by atoms with Crippen LogP contribution in [0, 0.1) is 0 Å². The molecule has 0 aliphatic carbocycles. The van der Waals surface area contributed by atoms with E-state index in [1.807, 2.05) is 26.2 Å². The zero-order valence-electron chi connectivity index (χ0n) is 17.4. The van der Waals surface area contributed by atoms with E-state index in [4.69, 9.17) is 11.6 Å². The van der Waals surface area contributed by atoms with Crippen molar-refractivity contribution in [1.82, 2.24) is 15.1 Å². The van der Waals surface area contributed by atoms with Gasteiger partial charge in [0.1, 0.15) is 0 Å². The number of piperazine rings is 1. The highest BCUT2D eigenvalue weighted by atomic mass is 35.5. The van der Waals surface area contributed by atoms with E-state index in [1.54, 1.807) is 12.1 Å². The van der Waals surface area contributed by atoms with Crippen LogP contribution in [-0.2, 0) is 0 Å². The molecule has 1 fully saturated rings. The third kappa shape index (κ3) is 6.10. The first-order chi connectivity index (χ1) is 13.9. The molecular weight excluding hydrogens is 386 g/mol. The van der Waals surface area contributed by atoms with Crippen molar-refractivity contribution in [2.24, 2.45) is 0 Å². The molecule has 1 unspecified atom stereocenters. The summed E-state index contributed by atoms with van der Waals surface area (Å²) in [6.07, 6.45) is 0. The van der Waals surface area contributed by atoms with E-state index < -0.39 is 0 Å². The predicted octanol–water partition coefficient (Wildman–Crippen LogP) is 3.52. The van der Waals surface area contributed by atoms with Crippen LogP contribution in [0.3, 0.4) is 0 Å². The molecule has 6 nitrogen and oxygen atoms in total. The molecule has 3 rings (SSSR count). The number of nitrogens with one attached hydrogen (secondary N) is 2. The van der Waals surface area contributed by atoms with Gasteiger partial charge >= 0.3 is 6.03 Å². The summed E-state index contributed by atoms with van der Waals surface area (Å²) in [5, 5.41) is 6.49. The van der Waals surface area contributed by atoms with Gasteiger partial charge in [-0.2, -0.15) is 0 Å². The number of hydrogen-bond acceptors (Lipinski definition) is 4. The van der Waals surface area contributed by atoms with Crippen molar-refractivity contribution in [3.8, 4) is 0 Å². The van der Waals surface area contributed by atoms with Gasteiger partial charge in [0.25, 0.3) is 0 Å². The van der Waals surface area contributed by atoms with Crippen LogP contribution in [-0.4, -0.2) is 69.7 Å². The summed E-state index contributed by atoms with van der Waals surface area (Å²) >= 11 is 6.00. The molecule has 0 aromatic heterocycles. The van der Waals surface area contributed by atoms with E-state index in [-0.39, 0.29) is 12.1 Å². The second-order valence-electron chi connectivity index (χ2n) is 7.69. The van der Waals surface area contributed by atoms with Crippen LogP contribution in [0.5, 0.6) is 0 Å². The molecule has 0 spiro atoms. The number of halogens is 1. The summed E-state index contributed by atoms with van der Waals surface area (Å²) in [6.45, 7) is 4.56. The fourth-order valence-corrected chi connectivity index (χ4v) is 3.71. The van der Waals surface area contributed by atoms with E-state index >= 15 is 0 Å². The number of rotatable bonds is 6. The molecule has 1 aliphatic heterocycles. The highest BCUT2D eigenvalue weighted by Gasteiger charge is 2.24. The van der Waals surface area contributed by atoms with E-state index in [9.17, 15) is 4.79 Å². The third-order valence-electron chi connectivity index (χ3n) is 5.31. The number of nitrogens with zero attached hydrogens (tertiary/aromatic N) is 3. The molecule has 2 amide bonds. The molecule has 2 aromatic carbocycles. The lowest BCUT2D eigenvalue weighted by atomic mass is 10.0. The zero-order valence-corrected chi connectivity index (χ0v) is 18.1. The standard InChI is InChI=1S/C22H30ClN5O/c1-26(2)20-9-7-17(8-10-20)21(28-13-11-27(3)12-14-28)16-24-22(29)25-19-6-4-5-18(23)15-19/h4-10,15,21H,11-14,16H2,1-3H3,(H2,24,25,29). The van der Waals surface area contributed by atoms with Crippen molar-refractivity contribution < 1.29 is 4.79 Å². The van der Waals surface area contributed by atoms with Crippen molar-refractivity contribution in [1.29, 1.82) is 0 Å². The van der Waals surface area contributed by atoms with Crippen LogP contribution in [0.1, 0.15) is 11.6 Å². The topological polar surface area (TPSA) is 50.9 Å². The summed E-state index contributed by atoms with van der Waals surface area (Å²) in [5.41, 5.74) is 3.06. The number of urea groups is 1. The Kier molecular flexibility index (Phi) is 7.36. The Hall–Kier alpha value is -2.28. The number of carbonyl (C=O) groups is 1. The Morgan fingerprint density at radius 1 is 1.10 bits per heavy atom. The first kappa shape index (κ1) is 21.4. The molecule has 1 saturated heterocycles. The lowest BCUT2D eigenvalue weighted by Crippen LogP contribution is -2.48. The molecule has 29 heavy (non-hydrogen) atoms. The highest BCUT2D eigenvalue weighted by Crippen LogP contribution is 2.24. The number of carbonyl (C=O) groups excluding carboxylic acids is 1. The Morgan fingerprint density at radius 3 is 2.41 bits per heavy atom. The van der Waals surface area contributed by atoms with E-state index in [0.29, 0.717) is 17.3 Å². The lowest BCUT2D eigenvalue weighted by Gasteiger charge is -2.38. The smallest absolute Gasteiger partial charge is 0.319 e. The van der Waals surface area contributed by atoms with Gasteiger partial charge in [0.15, 0.2) is 0 Å². The quantitative estimate of drug-likeness (QED) is 0.758. The van der Waals surface area contributed by atoms with Gasteiger partial charge in [0.05, 0.1) is 6.04 Å². The van der Waals surface area contributed by atoms with E-state index in [0.717, 1.165) is 31.9 Å². The van der Waals surface area contributed by atoms with Crippen LogP contribution < -0.4 is 15.5 Å². The summed E-state index contributed by atoms with van der Waals surface area (Å²) in [6, 6.07) is 15.6. The minimum atomic E-state index is -0.226. The van der Waals surface area contributed by atoms with Gasteiger partial charge in [0.2, 0.25) is 0 Å². The summed E-state index contributed by atoms with van der Waals surface area (Å²) < 4.78 is 0. The van der Waals surface area contributed by atoms with Gasteiger partial charge < -0.3 is 20.4 Å². The highest BCUT2D eigenvalue weighted by molar-refractivity contribution is 6.30. The maximum absolute atomic E-state index is 12.4. The monoisotopic (exact) mass is 415 g/mol. The number of hydrogen-bond donors (Lipinski definition) is 2. The van der Waals surface area contributed by atoms with Crippen LogP contribution in [0.25, 0.3) is 0 Å². The first-order valence-electron chi connectivity index (χ1n) is 9.92. The lowest BCUT2D eigenvalue weighted by molar-refractivity contribution is 0.111. The molecular formula is C22H30ClN5O. The van der Waals surface area contributed by atoms with E-state index in [1.165, 1.54) is 5.56 Å². The van der Waals surface area contributed by atoms with Crippen molar-refractivity contribution in [3.05, 3.63) is 59.1 Å². The Balaban J connectivity index is 1.68. The summed E-state index contributed by atoms with van der Waals surface area (Å²) in [7, 11) is 6.22. The second-order valence-corrected chi connectivity index (χ2v) is 8.12. The number of anilines is 2. The van der Waals surface area contributed by atoms with Crippen LogP contribution in [0.2, 0.25) is 5.02 Å². The van der Waals surface area contributed by atoms with Crippen LogP contribution >= 0.6 is 11.6 Å². The minimum absolute atomic E-state index is 0.130. The molecule has 156 valence electrons. The predicted molar refractivity (Wildman–Crippen MR) is 121 cm³/mol. The van der Waals surface area contributed by atoms with Crippen molar-refractivity contribution >= 4 is 29.0 Å². The van der Waals surface area contributed by atoms with Gasteiger partial charge in [-0.1, -0.05) is 29.8 Å². The average Bonchev–Trinajstić information content (AvgIpc) is 2.70. The zero-order chi connectivity index (χ0) is 20.8. The van der Waals surface area contributed by atoms with Crippen LogP contribution in [0.15, 0.2) is 48.5 Å². The maximum Gasteiger partial charge on any atom is 0.319 e. The Morgan fingerprint density at radius 2 is 1.79 bits per heavy atom. The van der Waals surface area contributed by atoms with Gasteiger partial charge in [-0.25, -0.2) is 4.79 Å². The van der Waals surface area contributed by atoms with E-state index in [2.05, 4.69) is 56.6 Å². The summed E-state index contributed by atoms with van der Waals surface area (Å²) in [5.74, 6) is 0. The average molecular weight is 416 g/mol. The van der Waals surface area contributed by atoms with Gasteiger partial charge in [-0.05, 0) is 42.9 Å². The number of likely N-dealkylation sites (N-methyl/N-ethyl adjacent to an activating group) is 1. The Bertz CT molecular complexity index is 803. The minimum Gasteiger partial charge on any atom is -0.378 e. The van der Waals surface area contributed by atoms with Crippen molar-refractivity contribution in [2.45, 2.75) is 6.04 Å². The molecule has 1 atom stereocenters. The number of benzene rings is 2.